The van der Waals surface area contributed by atoms with Crippen molar-refractivity contribution in [2.75, 3.05) is 7.05 Å². The normalized spacial score (nSPS) is 21.9. The van der Waals surface area contributed by atoms with Crippen molar-refractivity contribution in [2.45, 2.75) is 17.7 Å². The quantitative estimate of drug-likeness (QED) is 0.322. The zero-order valence-electron chi connectivity index (χ0n) is 19.5. The fraction of sp³-hybridized carbons (Fsp3) is 0.148. The number of carbonyl (C=O) groups excluding carboxylic acids is 2. The lowest BCUT2D eigenvalue weighted by atomic mass is 9.81. The Morgan fingerprint density at radius 1 is 0.973 bits per heavy atom. The Kier molecular flexibility index (Phi) is 5.73. The average Bonchev–Trinajstić information content (AvgIpc) is 3.10. The minimum Gasteiger partial charge on any atom is -0.404 e. The Labute approximate surface area is 209 Å². The second-order valence-electron chi connectivity index (χ2n) is 8.65. The first-order valence-electron chi connectivity index (χ1n) is 11.2. The van der Waals surface area contributed by atoms with Gasteiger partial charge in [-0.3, -0.25) is 20.4 Å². The number of benzene rings is 3. The molecule has 2 atom stereocenters. The van der Waals surface area contributed by atoms with E-state index in [2.05, 4.69) is 15.0 Å². The fourth-order valence-corrected chi connectivity index (χ4v) is 4.62. The molecule has 4 aromatic rings. The van der Waals surface area contributed by atoms with Crippen LogP contribution in [-0.2, 0) is 19.9 Å². The van der Waals surface area contributed by atoms with E-state index in [1.54, 1.807) is 54.7 Å². The third-order valence-electron chi connectivity index (χ3n) is 6.43. The van der Waals surface area contributed by atoms with E-state index in [4.69, 9.17) is 5.73 Å². The molecule has 10 heteroatoms. The number of likely N-dealkylation sites (N-methyl/N-ethyl adjacent to an activating group) is 1. The van der Waals surface area contributed by atoms with Gasteiger partial charge in [0.15, 0.2) is 5.54 Å². The number of esters is 1. The number of hydrogen-bond donors (Lipinski definition) is 2. The van der Waals surface area contributed by atoms with Crippen molar-refractivity contribution in [3.63, 3.8) is 0 Å². The number of nitrogens with two attached hydrogens (primary N) is 1. The van der Waals surface area contributed by atoms with Gasteiger partial charge in [-0.2, -0.15) is 13.2 Å². The predicted octanol–water partition coefficient (Wildman–Crippen LogP) is 3.88. The van der Waals surface area contributed by atoms with Gasteiger partial charge in [0.25, 0.3) is 5.91 Å². The lowest BCUT2D eigenvalue weighted by Gasteiger charge is -2.32. The third-order valence-corrected chi connectivity index (χ3v) is 6.43. The zero-order chi connectivity index (χ0) is 26.4. The van der Waals surface area contributed by atoms with E-state index in [0.29, 0.717) is 11.1 Å². The van der Waals surface area contributed by atoms with Gasteiger partial charge in [0.1, 0.15) is 0 Å². The second-order valence-corrected chi connectivity index (χ2v) is 8.65. The predicted molar refractivity (Wildman–Crippen MR) is 129 cm³/mol. The summed E-state index contributed by atoms with van der Waals surface area (Å²) in [4.78, 5) is 30.7. The molecule has 0 spiro atoms. The molecule has 7 nitrogen and oxygen atoms in total. The Morgan fingerprint density at radius 3 is 2.41 bits per heavy atom. The molecule has 0 radical (unpaired) electrons. The van der Waals surface area contributed by atoms with Crippen molar-refractivity contribution in [2.24, 2.45) is 5.73 Å². The number of amides is 1. The van der Waals surface area contributed by atoms with Crippen molar-refractivity contribution >= 4 is 22.8 Å². The third kappa shape index (κ3) is 4.00. The molecule has 1 amide bonds. The van der Waals surface area contributed by atoms with Crippen LogP contribution in [-0.4, -0.2) is 41.0 Å². The fourth-order valence-electron chi connectivity index (χ4n) is 4.62. The number of fused-ring (bicyclic) bond motifs is 1. The number of pyridine rings is 1. The van der Waals surface area contributed by atoms with Gasteiger partial charge < -0.3 is 4.74 Å². The summed E-state index contributed by atoms with van der Waals surface area (Å²) in [6, 6.07) is 24.8. The number of hydrogen-bond acceptors (Lipinski definition) is 6. The van der Waals surface area contributed by atoms with Crippen molar-refractivity contribution in [3.05, 3.63) is 102 Å². The van der Waals surface area contributed by atoms with Crippen molar-refractivity contribution in [3.8, 4) is 11.1 Å². The molecule has 1 aliphatic rings. The molecule has 1 fully saturated rings. The SMILES string of the molecule is CN1C(=O)C(c2ccccc2)(c2cccc(-c3cccc4ncccc34)c2)NC1(N)OC(=O)C(F)(F)F. The summed E-state index contributed by atoms with van der Waals surface area (Å²) in [5.41, 5.74) is 7.51. The topological polar surface area (TPSA) is 97.6 Å². The van der Waals surface area contributed by atoms with Crippen LogP contribution in [0.4, 0.5) is 13.2 Å². The molecular weight excluding hydrogens is 485 g/mol. The van der Waals surface area contributed by atoms with Crippen molar-refractivity contribution in [1.29, 1.82) is 0 Å². The van der Waals surface area contributed by atoms with E-state index in [1.165, 1.54) is 7.05 Å². The summed E-state index contributed by atoms with van der Waals surface area (Å²) in [7, 11) is 1.17. The molecule has 0 aliphatic carbocycles. The molecule has 3 N–H and O–H groups in total. The molecular formula is C27H21F3N4O3. The first-order chi connectivity index (χ1) is 17.6. The molecule has 188 valence electrons. The van der Waals surface area contributed by atoms with Crippen LogP contribution in [0, 0.1) is 0 Å². The molecule has 2 heterocycles. The highest BCUT2D eigenvalue weighted by molar-refractivity contribution is 5.97. The maximum Gasteiger partial charge on any atom is 0.491 e. The minimum absolute atomic E-state index is 0.393. The van der Waals surface area contributed by atoms with Gasteiger partial charge in [0.05, 0.1) is 5.52 Å². The van der Waals surface area contributed by atoms with Gasteiger partial charge in [-0.05, 0) is 40.5 Å². The number of carbonyl (C=O) groups is 2. The molecule has 2 unspecified atom stereocenters. The highest BCUT2D eigenvalue weighted by atomic mass is 19.4. The first kappa shape index (κ1) is 24.4. The number of ether oxygens (including phenoxy) is 1. The van der Waals surface area contributed by atoms with E-state index in [9.17, 15) is 22.8 Å². The Bertz CT molecular complexity index is 1510. The monoisotopic (exact) mass is 506 g/mol. The smallest absolute Gasteiger partial charge is 0.404 e. The summed E-state index contributed by atoms with van der Waals surface area (Å²) in [6.45, 7) is 0. The van der Waals surface area contributed by atoms with Gasteiger partial charge in [-0.25, -0.2) is 10.1 Å². The van der Waals surface area contributed by atoms with Gasteiger partial charge >= 0.3 is 18.1 Å². The molecule has 1 aliphatic heterocycles. The summed E-state index contributed by atoms with van der Waals surface area (Å²) in [5.74, 6) is -5.80. The standard InChI is InChI=1S/C27H21F3N4O3/c1-34-23(35)25(18-9-3-2-4-10-18,33-27(34,31)37-24(36)26(28,29)30)19-11-5-8-17(16-19)20-12-6-14-22-21(20)13-7-15-32-22/h2-16,33H,31H2,1H3. The molecule has 0 bridgehead atoms. The maximum atomic E-state index is 13.8. The minimum atomic E-state index is -5.31. The van der Waals surface area contributed by atoms with Crippen molar-refractivity contribution < 1.29 is 27.5 Å². The van der Waals surface area contributed by atoms with E-state index in [-0.39, 0.29) is 0 Å². The van der Waals surface area contributed by atoms with Crippen LogP contribution in [0.15, 0.2) is 91.1 Å². The van der Waals surface area contributed by atoms with E-state index in [1.807, 2.05) is 36.4 Å². The van der Waals surface area contributed by atoms with Crippen LogP contribution in [0.25, 0.3) is 22.0 Å². The number of halogens is 3. The average molecular weight is 506 g/mol. The van der Waals surface area contributed by atoms with Gasteiger partial charge in [-0.1, -0.05) is 66.7 Å². The molecule has 0 saturated carbocycles. The van der Waals surface area contributed by atoms with Gasteiger partial charge in [0.2, 0.25) is 0 Å². The Morgan fingerprint density at radius 2 is 1.68 bits per heavy atom. The van der Waals surface area contributed by atoms with E-state index in [0.717, 1.165) is 26.9 Å². The zero-order valence-corrected chi connectivity index (χ0v) is 19.5. The van der Waals surface area contributed by atoms with Crippen LogP contribution in [0.5, 0.6) is 0 Å². The molecule has 1 saturated heterocycles. The first-order valence-corrected chi connectivity index (χ1v) is 11.2. The van der Waals surface area contributed by atoms with Crippen LogP contribution in [0.1, 0.15) is 11.1 Å². The molecule has 1 aromatic heterocycles. The molecule has 37 heavy (non-hydrogen) atoms. The molecule has 3 aromatic carbocycles. The summed E-state index contributed by atoms with van der Waals surface area (Å²) in [5, 5.41) is 3.61. The summed E-state index contributed by atoms with van der Waals surface area (Å²) in [6.07, 6.45) is -3.62. The highest BCUT2D eigenvalue weighted by Gasteiger charge is 2.62. The number of rotatable bonds is 4. The Hall–Kier alpha value is -4.28. The lowest BCUT2D eigenvalue weighted by Crippen LogP contribution is -2.64. The number of alkyl halides is 3. The number of nitrogens with one attached hydrogen (secondary N) is 1. The van der Waals surface area contributed by atoms with Crippen molar-refractivity contribution in [1.82, 2.24) is 15.2 Å². The van der Waals surface area contributed by atoms with Crippen LogP contribution >= 0.6 is 0 Å². The second kappa shape index (κ2) is 8.68. The van der Waals surface area contributed by atoms with Gasteiger partial charge in [0, 0.05) is 18.6 Å². The number of nitrogens with zero attached hydrogens (tertiary/aromatic N) is 2. The van der Waals surface area contributed by atoms with E-state index >= 15 is 0 Å². The largest absolute Gasteiger partial charge is 0.491 e. The highest BCUT2D eigenvalue weighted by Crippen LogP contribution is 2.41. The van der Waals surface area contributed by atoms with Gasteiger partial charge in [-0.15, -0.1) is 0 Å². The molecule has 5 rings (SSSR count). The van der Waals surface area contributed by atoms with Crippen LogP contribution in [0.2, 0.25) is 0 Å². The van der Waals surface area contributed by atoms with Crippen LogP contribution in [0.3, 0.4) is 0 Å². The summed E-state index contributed by atoms with van der Waals surface area (Å²) < 4.78 is 43.7. The lowest BCUT2D eigenvalue weighted by molar-refractivity contribution is -0.228. The summed E-state index contributed by atoms with van der Waals surface area (Å²) >= 11 is 0. The maximum absolute atomic E-state index is 13.8. The Balaban J connectivity index is 1.68. The van der Waals surface area contributed by atoms with E-state index < -0.39 is 29.6 Å². The van der Waals surface area contributed by atoms with Crippen LogP contribution < -0.4 is 11.1 Å². The number of aromatic nitrogens is 1.